The molecule has 19 heavy (non-hydrogen) atoms. The number of aromatic nitrogens is 2. The molecule has 0 saturated heterocycles. The van der Waals surface area contributed by atoms with Crippen LogP contribution in [0, 0.1) is 0 Å². The van der Waals surface area contributed by atoms with Crippen molar-refractivity contribution >= 4 is 6.09 Å². The van der Waals surface area contributed by atoms with E-state index in [1.165, 1.54) is 4.90 Å². The van der Waals surface area contributed by atoms with Gasteiger partial charge in [0.05, 0.1) is 24.8 Å². The fourth-order valence-corrected chi connectivity index (χ4v) is 2.79. The van der Waals surface area contributed by atoms with Gasteiger partial charge in [-0.3, -0.25) is 9.58 Å². The van der Waals surface area contributed by atoms with Crippen LogP contribution in [0.4, 0.5) is 13.6 Å². The minimum absolute atomic E-state index is 0.0171. The number of hydrogen-bond donors (Lipinski definition) is 1. The number of hydrogen-bond acceptors (Lipinski definition) is 2. The van der Waals surface area contributed by atoms with Gasteiger partial charge in [-0.25, -0.2) is 13.6 Å². The van der Waals surface area contributed by atoms with Crippen molar-refractivity contribution in [3.63, 3.8) is 0 Å². The molecule has 7 heteroatoms. The summed E-state index contributed by atoms with van der Waals surface area (Å²) >= 11 is 0. The highest BCUT2D eigenvalue weighted by Crippen LogP contribution is 2.38. The largest absolute Gasteiger partial charge is 0.465 e. The van der Waals surface area contributed by atoms with E-state index in [2.05, 4.69) is 5.10 Å². The zero-order valence-electron chi connectivity index (χ0n) is 10.4. The Balaban J connectivity index is 1.70. The maximum atomic E-state index is 13.1. The molecular weight excluding hydrogens is 256 g/mol. The molecule has 0 radical (unpaired) electrons. The number of halogens is 2. The number of rotatable bonds is 1. The molecule has 5 nitrogen and oxygen atoms in total. The molecule has 1 fully saturated rings. The van der Waals surface area contributed by atoms with Gasteiger partial charge in [0.1, 0.15) is 0 Å². The van der Waals surface area contributed by atoms with Crippen molar-refractivity contribution in [2.45, 2.75) is 50.7 Å². The zero-order chi connectivity index (χ0) is 13.6. The van der Waals surface area contributed by atoms with Crippen molar-refractivity contribution in [2.75, 3.05) is 0 Å². The topological polar surface area (TPSA) is 58.4 Å². The number of carbonyl (C=O) groups is 1. The first-order valence-corrected chi connectivity index (χ1v) is 6.37. The second-order valence-corrected chi connectivity index (χ2v) is 5.31. The van der Waals surface area contributed by atoms with Gasteiger partial charge in [-0.2, -0.15) is 5.10 Å². The maximum absolute atomic E-state index is 13.1. The molecule has 1 aromatic rings. The van der Waals surface area contributed by atoms with Crippen LogP contribution in [0.2, 0.25) is 0 Å². The summed E-state index contributed by atoms with van der Waals surface area (Å²) in [5.41, 5.74) is 1.64. The molecule has 2 heterocycles. The smallest absolute Gasteiger partial charge is 0.407 e. The first-order valence-electron chi connectivity index (χ1n) is 6.37. The van der Waals surface area contributed by atoms with Crippen LogP contribution < -0.4 is 0 Å². The summed E-state index contributed by atoms with van der Waals surface area (Å²) in [6.45, 7) is 0.633. The molecule has 1 aliphatic heterocycles. The Labute approximate surface area is 108 Å². The van der Waals surface area contributed by atoms with E-state index in [1.54, 1.807) is 4.68 Å². The third-order valence-corrected chi connectivity index (χ3v) is 3.93. The van der Waals surface area contributed by atoms with Crippen molar-refractivity contribution in [2.24, 2.45) is 0 Å². The highest BCUT2D eigenvalue weighted by atomic mass is 19.3. The molecule has 1 aromatic heterocycles. The molecule has 0 bridgehead atoms. The monoisotopic (exact) mass is 271 g/mol. The van der Waals surface area contributed by atoms with Crippen molar-refractivity contribution in [3.8, 4) is 0 Å². The van der Waals surface area contributed by atoms with Gasteiger partial charge >= 0.3 is 6.09 Å². The van der Waals surface area contributed by atoms with Gasteiger partial charge in [0.25, 0.3) is 0 Å². The minimum Gasteiger partial charge on any atom is -0.465 e. The van der Waals surface area contributed by atoms with Crippen molar-refractivity contribution < 1.29 is 18.7 Å². The van der Waals surface area contributed by atoms with Gasteiger partial charge in [-0.05, 0) is 12.8 Å². The number of fused-ring (bicyclic) bond motifs is 1. The fourth-order valence-electron chi connectivity index (χ4n) is 2.79. The number of carboxylic acid groups (broad SMARTS) is 1. The van der Waals surface area contributed by atoms with Gasteiger partial charge in [0, 0.05) is 24.6 Å². The van der Waals surface area contributed by atoms with E-state index in [0.29, 0.717) is 25.9 Å². The lowest BCUT2D eigenvalue weighted by Gasteiger charge is -2.28. The van der Waals surface area contributed by atoms with Crippen molar-refractivity contribution in [3.05, 3.63) is 17.5 Å². The Hall–Kier alpha value is -1.66. The summed E-state index contributed by atoms with van der Waals surface area (Å²) in [4.78, 5) is 12.1. The van der Waals surface area contributed by atoms with Gasteiger partial charge in [0.15, 0.2) is 0 Å². The normalized spacial score (nSPS) is 22.5. The predicted molar refractivity (Wildman–Crippen MR) is 62.0 cm³/mol. The van der Waals surface area contributed by atoms with Gasteiger partial charge in [-0.1, -0.05) is 0 Å². The van der Waals surface area contributed by atoms with E-state index in [-0.39, 0.29) is 18.9 Å². The van der Waals surface area contributed by atoms with Crippen molar-refractivity contribution in [1.29, 1.82) is 0 Å². The van der Waals surface area contributed by atoms with Crippen LogP contribution in [0.1, 0.15) is 43.0 Å². The van der Waals surface area contributed by atoms with Crippen molar-refractivity contribution in [1.82, 2.24) is 14.7 Å². The van der Waals surface area contributed by atoms with E-state index in [1.807, 2.05) is 6.20 Å². The highest BCUT2D eigenvalue weighted by Gasteiger charge is 2.36. The summed E-state index contributed by atoms with van der Waals surface area (Å²) in [7, 11) is 0. The molecule has 104 valence electrons. The molecule has 0 atom stereocenters. The molecule has 3 rings (SSSR count). The molecule has 2 aliphatic rings. The van der Waals surface area contributed by atoms with Crippen LogP contribution in [0.25, 0.3) is 0 Å². The number of amides is 1. The lowest BCUT2D eigenvalue weighted by molar-refractivity contribution is -0.0450. The molecular formula is C12H15F2N3O2. The Morgan fingerprint density at radius 2 is 2.05 bits per heavy atom. The highest BCUT2D eigenvalue weighted by molar-refractivity contribution is 5.66. The van der Waals surface area contributed by atoms with E-state index in [0.717, 1.165) is 11.3 Å². The molecule has 0 spiro atoms. The third kappa shape index (κ3) is 2.29. The number of alkyl halides is 2. The van der Waals surface area contributed by atoms with Crippen LogP contribution in [0.5, 0.6) is 0 Å². The fraction of sp³-hybridized carbons (Fsp3) is 0.667. The lowest BCUT2D eigenvalue weighted by Crippen LogP contribution is -2.27. The van der Waals surface area contributed by atoms with E-state index in [9.17, 15) is 13.6 Å². The van der Waals surface area contributed by atoms with Crippen LogP contribution >= 0.6 is 0 Å². The summed E-state index contributed by atoms with van der Waals surface area (Å²) in [5, 5.41) is 13.2. The maximum Gasteiger partial charge on any atom is 0.407 e. The first kappa shape index (κ1) is 12.4. The minimum atomic E-state index is -2.54. The Morgan fingerprint density at radius 1 is 1.37 bits per heavy atom. The van der Waals surface area contributed by atoms with E-state index < -0.39 is 12.0 Å². The standard InChI is InChI=1S/C12H15F2N3O2/c13-12(14)3-1-9(2-4-12)17-6-8-5-16(11(18)19)7-10(8)15-17/h6,9H,1-5,7H2,(H,18,19). The van der Waals surface area contributed by atoms with Gasteiger partial charge in [0.2, 0.25) is 5.92 Å². The Bertz CT molecular complexity index is 482. The summed E-state index contributed by atoms with van der Waals surface area (Å²) in [6, 6.07) is 0.0171. The Kier molecular flexibility index (Phi) is 2.72. The number of nitrogens with zero attached hydrogens (tertiary/aromatic N) is 3. The Morgan fingerprint density at radius 3 is 2.63 bits per heavy atom. The van der Waals surface area contributed by atoms with Crippen LogP contribution in [0.3, 0.4) is 0 Å². The molecule has 1 N–H and O–H groups in total. The third-order valence-electron chi connectivity index (χ3n) is 3.93. The average molecular weight is 271 g/mol. The SMILES string of the molecule is O=C(O)N1Cc2cn(C3CCC(F)(F)CC3)nc2C1. The summed E-state index contributed by atoms with van der Waals surface area (Å²) in [6.07, 6.45) is 1.52. The van der Waals surface area contributed by atoms with Gasteiger partial charge < -0.3 is 5.11 Å². The molecule has 1 amide bonds. The van der Waals surface area contributed by atoms with E-state index in [4.69, 9.17) is 5.11 Å². The van der Waals surface area contributed by atoms with E-state index >= 15 is 0 Å². The van der Waals surface area contributed by atoms with Crippen LogP contribution in [0.15, 0.2) is 6.20 Å². The summed E-state index contributed by atoms with van der Waals surface area (Å²) in [5.74, 6) is -2.54. The molecule has 0 aromatic carbocycles. The van der Waals surface area contributed by atoms with Gasteiger partial charge in [-0.15, -0.1) is 0 Å². The predicted octanol–water partition coefficient (Wildman–Crippen LogP) is 2.63. The van der Waals surface area contributed by atoms with Crippen LogP contribution in [-0.2, 0) is 13.1 Å². The first-order chi connectivity index (χ1) is 8.94. The average Bonchev–Trinajstić information content (AvgIpc) is 2.86. The molecule has 1 aliphatic carbocycles. The quantitative estimate of drug-likeness (QED) is 0.854. The second-order valence-electron chi connectivity index (χ2n) is 5.31. The summed E-state index contributed by atoms with van der Waals surface area (Å²) < 4.78 is 27.9. The lowest BCUT2D eigenvalue weighted by atomic mass is 9.92. The molecule has 0 unspecified atom stereocenters. The van der Waals surface area contributed by atoms with Crippen LogP contribution in [-0.4, -0.2) is 31.8 Å². The second kappa shape index (κ2) is 4.18. The zero-order valence-corrected chi connectivity index (χ0v) is 10.4. The molecule has 1 saturated carbocycles.